The van der Waals surface area contributed by atoms with Crippen LogP contribution in [0.2, 0.25) is 0 Å². The largest absolute Gasteiger partial charge is 0.363 e. The molecule has 2 rings (SSSR count). The molecular weight excluding hydrogens is 228 g/mol. The molecule has 1 saturated heterocycles. The van der Waals surface area contributed by atoms with Gasteiger partial charge in [0.2, 0.25) is 5.91 Å². The molecule has 1 fully saturated rings. The van der Waals surface area contributed by atoms with Crippen LogP contribution in [-0.4, -0.2) is 48.0 Å². The third-order valence-corrected chi connectivity index (χ3v) is 2.77. The molecule has 1 aliphatic heterocycles. The van der Waals surface area contributed by atoms with E-state index in [4.69, 9.17) is 0 Å². The van der Waals surface area contributed by atoms with Gasteiger partial charge in [-0.25, -0.2) is 9.97 Å². The standard InChI is InChI=1S/C13H16N4O/c1-16(2)12-9-11(14-10-15-12)5-3-7-17-8-4-6-13(17)18/h9-10H,4,6-8H2,1-2H3. The number of aromatic nitrogens is 2. The summed E-state index contributed by atoms with van der Waals surface area (Å²) in [5.41, 5.74) is 0.681. The van der Waals surface area contributed by atoms with E-state index in [-0.39, 0.29) is 5.91 Å². The maximum Gasteiger partial charge on any atom is 0.223 e. The SMILES string of the molecule is CN(C)c1cc(C#CCN2CCCC2=O)ncn1. The van der Waals surface area contributed by atoms with E-state index in [1.807, 2.05) is 25.1 Å². The summed E-state index contributed by atoms with van der Waals surface area (Å²) >= 11 is 0. The highest BCUT2D eigenvalue weighted by atomic mass is 16.2. The summed E-state index contributed by atoms with van der Waals surface area (Å²) in [6.45, 7) is 1.31. The lowest BCUT2D eigenvalue weighted by atomic mass is 10.3. The van der Waals surface area contributed by atoms with E-state index < -0.39 is 0 Å². The summed E-state index contributed by atoms with van der Waals surface area (Å²) in [6, 6.07) is 1.83. The maximum absolute atomic E-state index is 11.4. The Hall–Kier alpha value is -2.09. The average molecular weight is 244 g/mol. The Morgan fingerprint density at radius 2 is 2.28 bits per heavy atom. The average Bonchev–Trinajstić information content (AvgIpc) is 2.76. The second-order valence-electron chi connectivity index (χ2n) is 4.38. The molecule has 1 amide bonds. The molecule has 0 saturated carbocycles. The van der Waals surface area contributed by atoms with Gasteiger partial charge in [-0.1, -0.05) is 5.92 Å². The Balaban J connectivity index is 2.01. The van der Waals surface area contributed by atoms with Crippen LogP contribution >= 0.6 is 0 Å². The van der Waals surface area contributed by atoms with Crippen molar-refractivity contribution in [1.82, 2.24) is 14.9 Å². The minimum Gasteiger partial charge on any atom is -0.363 e. The summed E-state index contributed by atoms with van der Waals surface area (Å²) in [5, 5.41) is 0. The number of nitrogens with zero attached hydrogens (tertiary/aromatic N) is 4. The van der Waals surface area contributed by atoms with E-state index in [9.17, 15) is 4.79 Å². The maximum atomic E-state index is 11.4. The first kappa shape index (κ1) is 12.4. The smallest absolute Gasteiger partial charge is 0.223 e. The molecular formula is C13H16N4O. The Labute approximate surface area is 107 Å². The van der Waals surface area contributed by atoms with Gasteiger partial charge in [-0.3, -0.25) is 4.79 Å². The molecule has 0 aliphatic carbocycles. The first-order chi connectivity index (χ1) is 8.66. The van der Waals surface area contributed by atoms with Crippen molar-refractivity contribution in [3.63, 3.8) is 0 Å². The molecule has 5 nitrogen and oxygen atoms in total. The number of hydrogen-bond acceptors (Lipinski definition) is 4. The quantitative estimate of drug-likeness (QED) is 0.712. The fraction of sp³-hybridized carbons (Fsp3) is 0.462. The van der Waals surface area contributed by atoms with Crippen LogP contribution in [0.3, 0.4) is 0 Å². The Bertz CT molecular complexity index is 501. The molecule has 0 radical (unpaired) electrons. The number of likely N-dealkylation sites (tertiary alicyclic amines) is 1. The summed E-state index contributed by atoms with van der Waals surface area (Å²) in [5.74, 6) is 6.97. The highest BCUT2D eigenvalue weighted by Crippen LogP contribution is 2.08. The first-order valence-electron chi connectivity index (χ1n) is 5.93. The first-order valence-corrected chi connectivity index (χ1v) is 5.93. The fourth-order valence-corrected chi connectivity index (χ4v) is 1.76. The Kier molecular flexibility index (Phi) is 3.78. The van der Waals surface area contributed by atoms with Crippen molar-refractivity contribution in [3.8, 4) is 11.8 Å². The number of anilines is 1. The predicted octanol–water partition coefficient (Wildman–Crippen LogP) is 0.516. The molecule has 0 aromatic carbocycles. The van der Waals surface area contributed by atoms with Crippen LogP contribution in [0, 0.1) is 11.8 Å². The van der Waals surface area contributed by atoms with Crippen molar-refractivity contribution in [2.75, 3.05) is 32.1 Å². The molecule has 5 heteroatoms. The van der Waals surface area contributed by atoms with E-state index in [0.29, 0.717) is 18.7 Å². The summed E-state index contributed by atoms with van der Waals surface area (Å²) in [4.78, 5) is 23.3. The van der Waals surface area contributed by atoms with Gasteiger partial charge in [-0.2, -0.15) is 0 Å². The van der Waals surface area contributed by atoms with Crippen LogP contribution in [0.4, 0.5) is 5.82 Å². The van der Waals surface area contributed by atoms with Gasteiger partial charge < -0.3 is 9.80 Å². The number of carbonyl (C=O) groups excluding carboxylic acids is 1. The van der Waals surface area contributed by atoms with Gasteiger partial charge in [0.25, 0.3) is 0 Å². The third-order valence-electron chi connectivity index (χ3n) is 2.77. The third kappa shape index (κ3) is 2.98. The van der Waals surface area contributed by atoms with Gasteiger partial charge in [0.1, 0.15) is 17.8 Å². The number of amides is 1. The number of carbonyl (C=O) groups is 1. The number of hydrogen-bond donors (Lipinski definition) is 0. The van der Waals surface area contributed by atoms with Crippen LogP contribution in [0.1, 0.15) is 18.5 Å². The topological polar surface area (TPSA) is 49.3 Å². The monoisotopic (exact) mass is 244 g/mol. The van der Waals surface area contributed by atoms with E-state index in [0.717, 1.165) is 18.8 Å². The van der Waals surface area contributed by atoms with Crippen LogP contribution < -0.4 is 4.90 Å². The molecule has 0 bridgehead atoms. The fourth-order valence-electron chi connectivity index (χ4n) is 1.76. The molecule has 0 spiro atoms. The summed E-state index contributed by atoms with van der Waals surface area (Å²) < 4.78 is 0. The summed E-state index contributed by atoms with van der Waals surface area (Å²) in [6.07, 6.45) is 3.10. The molecule has 1 aromatic rings. The van der Waals surface area contributed by atoms with Crippen molar-refractivity contribution in [2.45, 2.75) is 12.8 Å². The van der Waals surface area contributed by atoms with Crippen molar-refractivity contribution in [3.05, 3.63) is 18.1 Å². The molecule has 1 aromatic heterocycles. The Morgan fingerprint density at radius 1 is 1.44 bits per heavy atom. The molecule has 0 N–H and O–H groups in total. The highest BCUT2D eigenvalue weighted by Gasteiger charge is 2.18. The predicted molar refractivity (Wildman–Crippen MR) is 69.1 cm³/mol. The Morgan fingerprint density at radius 3 is 2.94 bits per heavy atom. The van der Waals surface area contributed by atoms with Crippen molar-refractivity contribution < 1.29 is 4.79 Å². The van der Waals surface area contributed by atoms with E-state index in [1.165, 1.54) is 6.33 Å². The van der Waals surface area contributed by atoms with Gasteiger partial charge in [0.05, 0.1) is 6.54 Å². The van der Waals surface area contributed by atoms with Crippen LogP contribution in [0.15, 0.2) is 12.4 Å². The molecule has 0 atom stereocenters. The van der Waals surface area contributed by atoms with Gasteiger partial charge in [-0.05, 0) is 12.3 Å². The normalized spacial score (nSPS) is 14.3. The van der Waals surface area contributed by atoms with Gasteiger partial charge in [0, 0.05) is 33.1 Å². The van der Waals surface area contributed by atoms with Crippen molar-refractivity contribution in [1.29, 1.82) is 0 Å². The minimum absolute atomic E-state index is 0.195. The lowest BCUT2D eigenvalue weighted by molar-refractivity contribution is -0.127. The number of rotatable bonds is 2. The van der Waals surface area contributed by atoms with Gasteiger partial charge in [0.15, 0.2) is 0 Å². The second kappa shape index (κ2) is 5.50. The minimum atomic E-state index is 0.195. The molecule has 18 heavy (non-hydrogen) atoms. The van der Waals surface area contributed by atoms with Gasteiger partial charge >= 0.3 is 0 Å². The van der Waals surface area contributed by atoms with Crippen LogP contribution in [-0.2, 0) is 4.79 Å². The van der Waals surface area contributed by atoms with Crippen LogP contribution in [0.5, 0.6) is 0 Å². The van der Waals surface area contributed by atoms with E-state index in [1.54, 1.807) is 4.90 Å². The molecule has 1 aliphatic rings. The van der Waals surface area contributed by atoms with Crippen molar-refractivity contribution >= 4 is 11.7 Å². The van der Waals surface area contributed by atoms with Crippen LogP contribution in [0.25, 0.3) is 0 Å². The zero-order valence-corrected chi connectivity index (χ0v) is 10.7. The lowest BCUT2D eigenvalue weighted by Gasteiger charge is -2.10. The zero-order chi connectivity index (χ0) is 13.0. The van der Waals surface area contributed by atoms with Crippen molar-refractivity contribution in [2.24, 2.45) is 0 Å². The van der Waals surface area contributed by atoms with E-state index >= 15 is 0 Å². The lowest BCUT2D eigenvalue weighted by Crippen LogP contribution is -2.24. The second-order valence-corrected chi connectivity index (χ2v) is 4.38. The van der Waals surface area contributed by atoms with E-state index in [2.05, 4.69) is 21.8 Å². The molecule has 94 valence electrons. The zero-order valence-electron chi connectivity index (χ0n) is 10.7. The highest BCUT2D eigenvalue weighted by molar-refractivity contribution is 5.78. The molecule has 2 heterocycles. The van der Waals surface area contributed by atoms with Gasteiger partial charge in [-0.15, -0.1) is 0 Å². The molecule has 0 unspecified atom stereocenters. The summed E-state index contributed by atoms with van der Waals surface area (Å²) in [7, 11) is 3.84.